The zero-order valence-electron chi connectivity index (χ0n) is 15.7. The van der Waals surface area contributed by atoms with Crippen molar-refractivity contribution >= 4 is 33.8 Å². The van der Waals surface area contributed by atoms with Gasteiger partial charge in [-0.1, -0.05) is 60.7 Å². The Morgan fingerprint density at radius 2 is 1.76 bits per heavy atom. The first-order valence-corrected chi connectivity index (χ1v) is 9.67. The van der Waals surface area contributed by atoms with E-state index in [1.807, 2.05) is 42.6 Å². The average Bonchev–Trinajstić information content (AvgIpc) is 3.41. The van der Waals surface area contributed by atoms with E-state index in [-0.39, 0.29) is 18.0 Å². The van der Waals surface area contributed by atoms with Crippen LogP contribution in [0.4, 0.5) is 0 Å². The highest BCUT2D eigenvalue weighted by Gasteiger charge is 2.30. The number of benzene rings is 3. The number of hydrogen-bond donors (Lipinski definition) is 4. The van der Waals surface area contributed by atoms with Crippen molar-refractivity contribution in [3.63, 3.8) is 0 Å². The molecule has 1 aliphatic rings. The summed E-state index contributed by atoms with van der Waals surface area (Å²) in [6, 6.07) is 22.3. The monoisotopic (exact) mass is 383 g/mol. The molecule has 0 radical (unpaired) electrons. The van der Waals surface area contributed by atoms with Crippen LogP contribution in [-0.2, 0) is 4.79 Å². The zero-order chi connectivity index (χ0) is 19.6. The van der Waals surface area contributed by atoms with E-state index in [2.05, 4.69) is 56.7 Å². The third kappa shape index (κ3) is 3.40. The molecule has 144 valence electrons. The standard InChI is InChI=1S/C23H21N5O/c29-23(28-25-14-16-13-24-20-11-4-3-9-18(16)20)22-12-21(26-27-22)19-10-5-7-15-6-1-2-8-17(15)19/h1-11,13-14,21-22,24,26-27H,12H2,(H,28,29)/b25-14+. The summed E-state index contributed by atoms with van der Waals surface area (Å²) >= 11 is 0. The lowest BCUT2D eigenvalue weighted by Crippen LogP contribution is -2.41. The van der Waals surface area contributed by atoms with E-state index >= 15 is 0 Å². The molecule has 4 N–H and O–H groups in total. The number of rotatable bonds is 4. The van der Waals surface area contributed by atoms with Crippen LogP contribution in [0.1, 0.15) is 23.6 Å². The van der Waals surface area contributed by atoms with Gasteiger partial charge in [0.05, 0.1) is 6.21 Å². The number of nitrogens with zero attached hydrogens (tertiary/aromatic N) is 1. The minimum absolute atomic E-state index is 0.0643. The van der Waals surface area contributed by atoms with Gasteiger partial charge in [-0.3, -0.25) is 4.79 Å². The minimum Gasteiger partial charge on any atom is -0.361 e. The Bertz CT molecular complexity index is 1210. The fourth-order valence-corrected chi connectivity index (χ4v) is 3.93. The molecule has 0 bridgehead atoms. The number of hydrogen-bond acceptors (Lipinski definition) is 4. The number of hydrazone groups is 1. The number of amides is 1. The van der Waals surface area contributed by atoms with Crippen molar-refractivity contribution in [2.24, 2.45) is 5.10 Å². The van der Waals surface area contributed by atoms with Gasteiger partial charge in [-0.15, -0.1) is 0 Å². The molecule has 3 aromatic carbocycles. The molecule has 6 nitrogen and oxygen atoms in total. The molecule has 1 fully saturated rings. The molecule has 4 aromatic rings. The Labute approximate surface area is 168 Å². The van der Waals surface area contributed by atoms with Crippen molar-refractivity contribution in [2.75, 3.05) is 0 Å². The van der Waals surface area contributed by atoms with Gasteiger partial charge in [-0.05, 0) is 28.8 Å². The SMILES string of the molecule is O=C(N/N=C/c1c[nH]c2ccccc12)C1CC(c2cccc3ccccc23)NN1. The smallest absolute Gasteiger partial charge is 0.258 e. The van der Waals surface area contributed by atoms with Gasteiger partial charge in [0.2, 0.25) is 0 Å². The normalized spacial score (nSPS) is 19.3. The lowest BCUT2D eigenvalue weighted by atomic mass is 9.96. The summed E-state index contributed by atoms with van der Waals surface area (Å²) in [4.78, 5) is 15.7. The van der Waals surface area contributed by atoms with Crippen molar-refractivity contribution in [1.29, 1.82) is 0 Å². The van der Waals surface area contributed by atoms with Crippen molar-refractivity contribution in [2.45, 2.75) is 18.5 Å². The summed E-state index contributed by atoms with van der Waals surface area (Å²) in [6.07, 6.45) is 4.20. The molecule has 2 heterocycles. The topological polar surface area (TPSA) is 81.3 Å². The molecule has 0 aliphatic carbocycles. The molecular weight excluding hydrogens is 362 g/mol. The van der Waals surface area contributed by atoms with Crippen molar-refractivity contribution in [1.82, 2.24) is 21.3 Å². The second-order valence-corrected chi connectivity index (χ2v) is 7.22. The van der Waals surface area contributed by atoms with E-state index < -0.39 is 0 Å². The molecule has 2 atom stereocenters. The van der Waals surface area contributed by atoms with Crippen molar-refractivity contribution in [3.05, 3.63) is 84.1 Å². The number of carbonyl (C=O) groups excluding carboxylic acids is 1. The van der Waals surface area contributed by atoms with Crippen LogP contribution in [0.2, 0.25) is 0 Å². The van der Waals surface area contributed by atoms with Crippen molar-refractivity contribution in [3.8, 4) is 0 Å². The highest BCUT2D eigenvalue weighted by atomic mass is 16.2. The predicted octanol–water partition coefficient (Wildman–Crippen LogP) is 3.38. The molecule has 0 spiro atoms. The van der Waals surface area contributed by atoms with Gasteiger partial charge in [0, 0.05) is 28.7 Å². The number of para-hydroxylation sites is 1. The summed E-state index contributed by atoms with van der Waals surface area (Å²) < 4.78 is 0. The number of carbonyl (C=O) groups is 1. The number of aromatic amines is 1. The van der Waals surface area contributed by atoms with Gasteiger partial charge in [0.15, 0.2) is 0 Å². The predicted molar refractivity (Wildman–Crippen MR) is 115 cm³/mol. The summed E-state index contributed by atoms with van der Waals surface area (Å²) in [6.45, 7) is 0. The van der Waals surface area contributed by atoms with Crippen molar-refractivity contribution < 1.29 is 4.79 Å². The van der Waals surface area contributed by atoms with Crippen LogP contribution in [0.3, 0.4) is 0 Å². The first kappa shape index (κ1) is 17.6. The van der Waals surface area contributed by atoms with Crippen LogP contribution < -0.4 is 16.3 Å². The average molecular weight is 383 g/mol. The van der Waals surface area contributed by atoms with Gasteiger partial charge in [-0.2, -0.15) is 5.10 Å². The quantitative estimate of drug-likeness (QED) is 0.322. The Hall–Kier alpha value is -3.48. The number of H-pyrrole nitrogens is 1. The number of aromatic nitrogens is 1. The Balaban J connectivity index is 1.26. The maximum atomic E-state index is 12.5. The minimum atomic E-state index is -0.348. The molecule has 1 aliphatic heterocycles. The van der Waals surface area contributed by atoms with E-state index in [9.17, 15) is 4.79 Å². The summed E-state index contributed by atoms with van der Waals surface area (Å²) in [5, 5.41) is 7.61. The molecule has 1 amide bonds. The zero-order valence-corrected chi connectivity index (χ0v) is 15.7. The maximum absolute atomic E-state index is 12.5. The first-order chi connectivity index (χ1) is 14.3. The Morgan fingerprint density at radius 3 is 2.69 bits per heavy atom. The van der Waals surface area contributed by atoms with Gasteiger partial charge < -0.3 is 4.98 Å². The van der Waals surface area contributed by atoms with Crippen LogP contribution in [0.5, 0.6) is 0 Å². The molecule has 5 rings (SSSR count). The summed E-state index contributed by atoms with van der Waals surface area (Å²) in [5.41, 5.74) is 12.2. The Kier molecular flexibility index (Phi) is 4.56. The third-order valence-corrected chi connectivity index (χ3v) is 5.42. The van der Waals surface area contributed by atoms with E-state index in [1.54, 1.807) is 6.21 Å². The van der Waals surface area contributed by atoms with E-state index in [0.29, 0.717) is 6.42 Å². The van der Waals surface area contributed by atoms with E-state index in [1.165, 1.54) is 16.3 Å². The Morgan fingerprint density at radius 1 is 0.966 bits per heavy atom. The maximum Gasteiger partial charge on any atom is 0.258 e. The molecule has 2 unspecified atom stereocenters. The lowest BCUT2D eigenvalue weighted by molar-refractivity contribution is -0.122. The van der Waals surface area contributed by atoms with Gasteiger partial charge >= 0.3 is 0 Å². The largest absolute Gasteiger partial charge is 0.361 e. The fraction of sp³-hybridized carbons (Fsp3) is 0.130. The number of nitrogens with one attached hydrogen (secondary N) is 4. The second-order valence-electron chi connectivity index (χ2n) is 7.22. The van der Waals surface area contributed by atoms with Crippen LogP contribution in [0.15, 0.2) is 78.0 Å². The van der Waals surface area contributed by atoms with E-state index in [4.69, 9.17) is 0 Å². The number of hydrazine groups is 1. The van der Waals surface area contributed by atoms with Gasteiger partial charge in [0.25, 0.3) is 5.91 Å². The van der Waals surface area contributed by atoms with E-state index in [0.717, 1.165) is 16.5 Å². The molecular formula is C23H21N5O. The highest BCUT2D eigenvalue weighted by molar-refractivity contribution is 5.99. The lowest BCUT2D eigenvalue weighted by Gasteiger charge is -2.13. The second kappa shape index (κ2) is 7.50. The summed E-state index contributed by atoms with van der Waals surface area (Å²) in [7, 11) is 0. The molecule has 0 saturated carbocycles. The third-order valence-electron chi connectivity index (χ3n) is 5.42. The van der Waals surface area contributed by atoms with Gasteiger partial charge in [-0.25, -0.2) is 16.3 Å². The summed E-state index contributed by atoms with van der Waals surface area (Å²) in [5.74, 6) is -0.156. The first-order valence-electron chi connectivity index (χ1n) is 9.67. The van der Waals surface area contributed by atoms with Crippen LogP contribution in [0.25, 0.3) is 21.7 Å². The molecule has 6 heteroatoms. The highest BCUT2D eigenvalue weighted by Crippen LogP contribution is 2.29. The fourth-order valence-electron chi connectivity index (χ4n) is 3.93. The van der Waals surface area contributed by atoms with Crippen LogP contribution >= 0.6 is 0 Å². The van der Waals surface area contributed by atoms with Crippen LogP contribution in [-0.4, -0.2) is 23.1 Å². The molecule has 1 saturated heterocycles. The van der Waals surface area contributed by atoms with Gasteiger partial charge in [0.1, 0.15) is 6.04 Å². The molecule has 1 aromatic heterocycles. The molecule has 29 heavy (non-hydrogen) atoms. The number of fused-ring (bicyclic) bond motifs is 2. The van der Waals surface area contributed by atoms with Crippen LogP contribution in [0, 0.1) is 0 Å².